The van der Waals surface area contributed by atoms with E-state index in [4.69, 9.17) is 0 Å². The van der Waals surface area contributed by atoms with E-state index in [1.807, 2.05) is 6.07 Å². The summed E-state index contributed by atoms with van der Waals surface area (Å²) in [5.41, 5.74) is 2.36. The molecular formula is C16H22N2O. The van der Waals surface area contributed by atoms with Crippen molar-refractivity contribution in [3.63, 3.8) is 0 Å². The molecule has 1 N–H and O–H groups in total. The highest BCUT2D eigenvalue weighted by molar-refractivity contribution is 5.79. The highest BCUT2D eigenvalue weighted by Crippen LogP contribution is 2.26. The fourth-order valence-corrected chi connectivity index (χ4v) is 3.48. The minimum absolute atomic E-state index is 0.295. The minimum Gasteiger partial charge on any atom is -0.338 e. The van der Waals surface area contributed by atoms with Gasteiger partial charge in [-0.15, -0.1) is 0 Å². The van der Waals surface area contributed by atoms with Gasteiger partial charge in [0.1, 0.15) is 0 Å². The van der Waals surface area contributed by atoms with Crippen molar-refractivity contribution >= 4 is 5.91 Å². The van der Waals surface area contributed by atoms with Crippen LogP contribution in [0.5, 0.6) is 0 Å². The number of fused-ring (bicyclic) bond motifs is 1. The standard InChI is InChI=1S/C16H22N2O/c1-12-4-2-5-13(8-12)9-16(19)18-7-3-6-14-10-17-11-15(14)18/h2,4-5,8,14-15,17H,3,6-7,9-11H2,1H3. The highest BCUT2D eigenvalue weighted by atomic mass is 16.2. The fraction of sp³-hybridized carbons (Fsp3) is 0.562. The van der Waals surface area contributed by atoms with E-state index in [1.54, 1.807) is 0 Å². The number of rotatable bonds is 2. The second-order valence-electron chi connectivity index (χ2n) is 5.88. The van der Waals surface area contributed by atoms with Crippen molar-refractivity contribution in [2.24, 2.45) is 5.92 Å². The molecule has 0 bridgehead atoms. The maximum Gasteiger partial charge on any atom is 0.227 e. The molecule has 2 fully saturated rings. The predicted molar refractivity (Wildman–Crippen MR) is 76.0 cm³/mol. The van der Waals surface area contributed by atoms with Gasteiger partial charge in [-0.3, -0.25) is 4.79 Å². The van der Waals surface area contributed by atoms with Crippen LogP contribution in [0.1, 0.15) is 24.0 Å². The lowest BCUT2D eigenvalue weighted by Gasteiger charge is -2.37. The zero-order chi connectivity index (χ0) is 13.2. The fourth-order valence-electron chi connectivity index (χ4n) is 3.48. The number of nitrogens with one attached hydrogen (secondary N) is 1. The molecule has 102 valence electrons. The van der Waals surface area contributed by atoms with E-state index < -0.39 is 0 Å². The van der Waals surface area contributed by atoms with E-state index in [-0.39, 0.29) is 0 Å². The Balaban J connectivity index is 1.69. The van der Waals surface area contributed by atoms with E-state index in [0.717, 1.165) is 31.6 Å². The first-order chi connectivity index (χ1) is 9.24. The molecule has 1 amide bonds. The van der Waals surface area contributed by atoms with Crippen molar-refractivity contribution in [2.75, 3.05) is 19.6 Å². The van der Waals surface area contributed by atoms with E-state index in [0.29, 0.717) is 24.3 Å². The molecule has 2 heterocycles. The van der Waals surface area contributed by atoms with Gasteiger partial charge in [-0.1, -0.05) is 29.8 Å². The number of carbonyl (C=O) groups is 1. The van der Waals surface area contributed by atoms with E-state index >= 15 is 0 Å². The van der Waals surface area contributed by atoms with Crippen LogP contribution in [0.4, 0.5) is 0 Å². The SMILES string of the molecule is Cc1cccc(CC(=O)N2CCCC3CNCC32)c1. The summed E-state index contributed by atoms with van der Waals surface area (Å²) in [6, 6.07) is 8.72. The van der Waals surface area contributed by atoms with E-state index in [9.17, 15) is 4.79 Å². The predicted octanol–water partition coefficient (Wildman–Crippen LogP) is 1.75. The summed E-state index contributed by atoms with van der Waals surface area (Å²) >= 11 is 0. The summed E-state index contributed by atoms with van der Waals surface area (Å²) < 4.78 is 0. The van der Waals surface area contributed by atoms with Crippen molar-refractivity contribution in [3.8, 4) is 0 Å². The summed E-state index contributed by atoms with van der Waals surface area (Å²) in [5, 5.41) is 3.43. The van der Waals surface area contributed by atoms with Gasteiger partial charge in [-0.2, -0.15) is 0 Å². The average molecular weight is 258 g/mol. The van der Waals surface area contributed by atoms with E-state index in [2.05, 4.69) is 35.3 Å². The van der Waals surface area contributed by atoms with Crippen LogP contribution in [-0.4, -0.2) is 36.5 Å². The van der Waals surface area contributed by atoms with Crippen LogP contribution in [0.15, 0.2) is 24.3 Å². The lowest BCUT2D eigenvalue weighted by Crippen LogP contribution is -2.48. The number of amides is 1. The Morgan fingerprint density at radius 1 is 1.42 bits per heavy atom. The molecule has 0 spiro atoms. The van der Waals surface area contributed by atoms with Crippen molar-refractivity contribution in [1.82, 2.24) is 10.2 Å². The number of likely N-dealkylation sites (tertiary alicyclic amines) is 1. The third-order valence-corrected chi connectivity index (χ3v) is 4.44. The summed E-state index contributed by atoms with van der Waals surface area (Å²) in [7, 11) is 0. The largest absolute Gasteiger partial charge is 0.338 e. The summed E-state index contributed by atoms with van der Waals surface area (Å²) in [6.45, 7) is 5.07. The second-order valence-corrected chi connectivity index (χ2v) is 5.88. The molecule has 1 aromatic carbocycles. The molecule has 2 aliphatic heterocycles. The van der Waals surface area contributed by atoms with Gasteiger partial charge in [-0.05, 0) is 31.2 Å². The van der Waals surface area contributed by atoms with Crippen LogP contribution < -0.4 is 5.32 Å². The monoisotopic (exact) mass is 258 g/mol. The third-order valence-electron chi connectivity index (χ3n) is 4.44. The Labute approximate surface area is 115 Å². The van der Waals surface area contributed by atoms with Gasteiger partial charge in [0.05, 0.1) is 6.42 Å². The number of aryl methyl sites for hydroxylation is 1. The van der Waals surface area contributed by atoms with Gasteiger partial charge in [0.25, 0.3) is 0 Å². The Morgan fingerprint density at radius 2 is 2.32 bits per heavy atom. The quantitative estimate of drug-likeness (QED) is 0.876. The van der Waals surface area contributed by atoms with Crippen LogP contribution in [0, 0.1) is 12.8 Å². The first kappa shape index (κ1) is 12.7. The molecule has 1 aromatic rings. The van der Waals surface area contributed by atoms with E-state index in [1.165, 1.54) is 12.0 Å². The van der Waals surface area contributed by atoms with Gasteiger partial charge in [-0.25, -0.2) is 0 Å². The lowest BCUT2D eigenvalue weighted by molar-refractivity contribution is -0.134. The van der Waals surface area contributed by atoms with Gasteiger partial charge in [0.2, 0.25) is 5.91 Å². The van der Waals surface area contributed by atoms with Gasteiger partial charge in [0.15, 0.2) is 0 Å². The number of benzene rings is 1. The van der Waals surface area contributed by atoms with Crippen LogP contribution in [0.25, 0.3) is 0 Å². The smallest absolute Gasteiger partial charge is 0.227 e. The molecule has 2 saturated heterocycles. The molecule has 3 rings (SSSR count). The Morgan fingerprint density at radius 3 is 3.16 bits per heavy atom. The summed E-state index contributed by atoms with van der Waals surface area (Å²) in [5.74, 6) is 0.971. The summed E-state index contributed by atoms with van der Waals surface area (Å²) in [6.07, 6.45) is 2.97. The van der Waals surface area contributed by atoms with Gasteiger partial charge < -0.3 is 10.2 Å². The molecule has 19 heavy (non-hydrogen) atoms. The molecule has 3 nitrogen and oxygen atoms in total. The summed E-state index contributed by atoms with van der Waals surface area (Å²) in [4.78, 5) is 14.6. The molecule has 2 aliphatic rings. The number of carbonyl (C=O) groups excluding carboxylic acids is 1. The lowest BCUT2D eigenvalue weighted by atomic mass is 9.91. The molecule has 2 atom stereocenters. The molecule has 0 aromatic heterocycles. The maximum absolute atomic E-state index is 12.5. The second kappa shape index (κ2) is 5.33. The third kappa shape index (κ3) is 2.66. The van der Waals surface area contributed by atoms with Crippen molar-refractivity contribution in [3.05, 3.63) is 35.4 Å². The normalized spacial score (nSPS) is 26.3. The van der Waals surface area contributed by atoms with Crippen LogP contribution in [-0.2, 0) is 11.2 Å². The molecule has 2 unspecified atom stereocenters. The van der Waals surface area contributed by atoms with Crippen LogP contribution >= 0.6 is 0 Å². The van der Waals surface area contributed by atoms with Gasteiger partial charge in [0, 0.05) is 25.7 Å². The Bertz CT molecular complexity index is 472. The zero-order valence-corrected chi connectivity index (χ0v) is 11.6. The first-order valence-electron chi connectivity index (χ1n) is 7.30. The first-order valence-corrected chi connectivity index (χ1v) is 7.30. The highest BCUT2D eigenvalue weighted by Gasteiger charge is 2.36. The number of piperidine rings is 1. The van der Waals surface area contributed by atoms with Crippen molar-refractivity contribution in [2.45, 2.75) is 32.2 Å². The Hall–Kier alpha value is -1.35. The molecule has 0 aliphatic carbocycles. The maximum atomic E-state index is 12.5. The molecule has 0 radical (unpaired) electrons. The number of nitrogens with zero attached hydrogens (tertiary/aromatic N) is 1. The zero-order valence-electron chi connectivity index (χ0n) is 11.6. The minimum atomic E-state index is 0.295. The molecule has 0 saturated carbocycles. The van der Waals surface area contributed by atoms with Crippen molar-refractivity contribution < 1.29 is 4.79 Å². The number of hydrogen-bond donors (Lipinski definition) is 1. The molecular weight excluding hydrogens is 236 g/mol. The van der Waals surface area contributed by atoms with Crippen LogP contribution in [0.3, 0.4) is 0 Å². The average Bonchev–Trinajstić information content (AvgIpc) is 2.86. The van der Waals surface area contributed by atoms with Crippen molar-refractivity contribution in [1.29, 1.82) is 0 Å². The molecule has 3 heteroatoms. The topological polar surface area (TPSA) is 32.3 Å². The van der Waals surface area contributed by atoms with Gasteiger partial charge >= 0.3 is 0 Å². The Kier molecular flexibility index (Phi) is 3.56. The van der Waals surface area contributed by atoms with Crippen LogP contribution in [0.2, 0.25) is 0 Å². The number of hydrogen-bond acceptors (Lipinski definition) is 2.